The van der Waals surface area contributed by atoms with Crippen molar-refractivity contribution in [1.82, 2.24) is 5.32 Å². The lowest BCUT2D eigenvalue weighted by atomic mass is 9.86. The van der Waals surface area contributed by atoms with Crippen LogP contribution in [0.25, 0.3) is 0 Å². The number of carbonyl (C=O) groups excluding carboxylic acids is 1. The lowest BCUT2D eigenvalue weighted by Crippen LogP contribution is -2.52. The molecule has 0 bridgehead atoms. The highest BCUT2D eigenvalue weighted by molar-refractivity contribution is 5.82. The molecule has 0 aromatic rings. The van der Waals surface area contributed by atoms with Crippen LogP contribution in [0.4, 0.5) is 0 Å². The summed E-state index contributed by atoms with van der Waals surface area (Å²) >= 11 is 0. The van der Waals surface area contributed by atoms with Crippen molar-refractivity contribution >= 4 is 5.91 Å². The van der Waals surface area contributed by atoms with Gasteiger partial charge in [0.2, 0.25) is 5.91 Å². The van der Waals surface area contributed by atoms with Crippen molar-refractivity contribution in [2.75, 3.05) is 13.2 Å². The second-order valence-corrected chi connectivity index (χ2v) is 5.24. The molecule has 4 heteroatoms. The molecule has 15 heavy (non-hydrogen) atoms. The summed E-state index contributed by atoms with van der Waals surface area (Å²) in [5.41, 5.74) is 5.68. The number of nitrogens with one attached hydrogen (secondary N) is 1. The van der Waals surface area contributed by atoms with E-state index in [0.29, 0.717) is 0 Å². The Balaban J connectivity index is 2.40. The summed E-state index contributed by atoms with van der Waals surface area (Å²) in [7, 11) is 0. The first kappa shape index (κ1) is 12.5. The molecule has 1 rings (SSSR count). The number of ether oxygens (including phenoxy) is 1. The molecular formula is C11H22N2O2. The molecule has 1 atom stereocenters. The summed E-state index contributed by atoms with van der Waals surface area (Å²) in [6.45, 7) is 7.38. The standard InChI is InChI=1S/C11H22N2O2/c1-11(2,3)9(12)10(14)13-8-4-6-15-7-5-8/h8-9H,4-7,12H2,1-3H3,(H,13,14)/t9-/m0/s1. The van der Waals surface area contributed by atoms with Gasteiger partial charge in [-0.15, -0.1) is 0 Å². The monoisotopic (exact) mass is 214 g/mol. The van der Waals surface area contributed by atoms with Gasteiger partial charge in [0, 0.05) is 19.3 Å². The number of rotatable bonds is 2. The van der Waals surface area contributed by atoms with Crippen LogP contribution in [0.5, 0.6) is 0 Å². The van der Waals surface area contributed by atoms with Gasteiger partial charge in [0.15, 0.2) is 0 Å². The maximum Gasteiger partial charge on any atom is 0.237 e. The Morgan fingerprint density at radius 1 is 1.40 bits per heavy atom. The smallest absolute Gasteiger partial charge is 0.237 e. The van der Waals surface area contributed by atoms with Crippen LogP contribution in [-0.4, -0.2) is 31.2 Å². The predicted octanol–water partition coefficient (Wildman–Crippen LogP) is 0.655. The number of nitrogens with two attached hydrogens (primary N) is 1. The third-order valence-electron chi connectivity index (χ3n) is 2.78. The van der Waals surface area contributed by atoms with E-state index in [2.05, 4.69) is 5.32 Å². The summed E-state index contributed by atoms with van der Waals surface area (Å²) in [4.78, 5) is 11.8. The zero-order chi connectivity index (χ0) is 11.5. The summed E-state index contributed by atoms with van der Waals surface area (Å²) in [5.74, 6) is -0.0469. The number of amides is 1. The molecule has 0 aromatic carbocycles. The van der Waals surface area contributed by atoms with E-state index < -0.39 is 6.04 Å². The van der Waals surface area contributed by atoms with Gasteiger partial charge >= 0.3 is 0 Å². The van der Waals surface area contributed by atoms with Crippen LogP contribution < -0.4 is 11.1 Å². The lowest BCUT2D eigenvalue weighted by Gasteiger charge is -2.29. The minimum Gasteiger partial charge on any atom is -0.381 e. The second kappa shape index (κ2) is 4.94. The van der Waals surface area contributed by atoms with Crippen molar-refractivity contribution in [3.63, 3.8) is 0 Å². The van der Waals surface area contributed by atoms with E-state index in [0.717, 1.165) is 26.1 Å². The van der Waals surface area contributed by atoms with Gasteiger partial charge in [-0.05, 0) is 18.3 Å². The molecule has 1 saturated heterocycles. The maximum absolute atomic E-state index is 11.8. The molecule has 1 aliphatic rings. The molecule has 0 unspecified atom stereocenters. The Morgan fingerprint density at radius 3 is 2.40 bits per heavy atom. The van der Waals surface area contributed by atoms with Gasteiger partial charge in [-0.3, -0.25) is 4.79 Å². The van der Waals surface area contributed by atoms with Gasteiger partial charge in [0.25, 0.3) is 0 Å². The molecular weight excluding hydrogens is 192 g/mol. The Hall–Kier alpha value is -0.610. The van der Waals surface area contributed by atoms with Crippen LogP contribution in [0.15, 0.2) is 0 Å². The highest BCUT2D eigenvalue weighted by atomic mass is 16.5. The van der Waals surface area contributed by atoms with Crippen LogP contribution >= 0.6 is 0 Å². The zero-order valence-corrected chi connectivity index (χ0v) is 9.88. The van der Waals surface area contributed by atoms with Crippen LogP contribution in [0.3, 0.4) is 0 Å². The summed E-state index contributed by atoms with van der Waals surface area (Å²) in [5, 5.41) is 2.98. The van der Waals surface area contributed by atoms with E-state index in [9.17, 15) is 4.79 Å². The van der Waals surface area contributed by atoms with Crippen molar-refractivity contribution in [3.05, 3.63) is 0 Å². The number of hydrogen-bond acceptors (Lipinski definition) is 3. The Bertz CT molecular complexity index is 217. The molecule has 0 radical (unpaired) electrons. The van der Waals surface area contributed by atoms with Crippen LogP contribution in [0.2, 0.25) is 0 Å². The predicted molar refractivity (Wildman–Crippen MR) is 59.4 cm³/mol. The summed E-state index contributed by atoms with van der Waals surface area (Å²) in [6, 6.07) is -0.208. The molecule has 0 aliphatic carbocycles. The molecule has 1 heterocycles. The van der Waals surface area contributed by atoms with E-state index in [1.54, 1.807) is 0 Å². The second-order valence-electron chi connectivity index (χ2n) is 5.24. The van der Waals surface area contributed by atoms with Gasteiger partial charge in [0.1, 0.15) is 0 Å². The SMILES string of the molecule is CC(C)(C)[C@@H](N)C(=O)NC1CCOCC1. The molecule has 3 N–H and O–H groups in total. The topological polar surface area (TPSA) is 64.4 Å². The number of hydrogen-bond donors (Lipinski definition) is 2. The van der Waals surface area contributed by atoms with Gasteiger partial charge in [-0.2, -0.15) is 0 Å². The van der Waals surface area contributed by atoms with Gasteiger partial charge in [0.05, 0.1) is 6.04 Å². The minimum absolute atomic E-state index is 0.0469. The van der Waals surface area contributed by atoms with E-state index in [1.807, 2.05) is 20.8 Å². The third kappa shape index (κ3) is 3.80. The van der Waals surface area contributed by atoms with Crippen molar-refractivity contribution in [2.45, 2.75) is 45.7 Å². The van der Waals surface area contributed by atoms with Crippen molar-refractivity contribution < 1.29 is 9.53 Å². The first-order valence-corrected chi connectivity index (χ1v) is 5.55. The van der Waals surface area contributed by atoms with E-state index in [-0.39, 0.29) is 17.4 Å². The quantitative estimate of drug-likeness (QED) is 0.709. The van der Waals surface area contributed by atoms with Crippen LogP contribution in [0, 0.1) is 5.41 Å². The van der Waals surface area contributed by atoms with Gasteiger partial charge in [-0.1, -0.05) is 20.8 Å². The average molecular weight is 214 g/mol. The van der Waals surface area contributed by atoms with Gasteiger partial charge in [-0.25, -0.2) is 0 Å². The van der Waals surface area contributed by atoms with E-state index >= 15 is 0 Å². The van der Waals surface area contributed by atoms with Crippen LogP contribution in [0.1, 0.15) is 33.6 Å². The molecule has 1 fully saturated rings. The van der Waals surface area contributed by atoms with Crippen LogP contribution in [-0.2, 0) is 9.53 Å². The third-order valence-corrected chi connectivity index (χ3v) is 2.78. The summed E-state index contributed by atoms with van der Waals surface area (Å²) in [6.07, 6.45) is 1.78. The van der Waals surface area contributed by atoms with E-state index in [1.165, 1.54) is 0 Å². The first-order chi connectivity index (χ1) is 6.91. The molecule has 0 spiro atoms. The Kier molecular flexibility index (Phi) is 4.11. The molecule has 0 saturated carbocycles. The van der Waals surface area contributed by atoms with E-state index in [4.69, 9.17) is 10.5 Å². The fraction of sp³-hybridized carbons (Fsp3) is 0.909. The van der Waals surface area contributed by atoms with Crippen molar-refractivity contribution in [2.24, 2.45) is 11.1 Å². The fourth-order valence-electron chi connectivity index (χ4n) is 1.53. The molecule has 1 aliphatic heterocycles. The largest absolute Gasteiger partial charge is 0.381 e. The zero-order valence-electron chi connectivity index (χ0n) is 9.88. The van der Waals surface area contributed by atoms with Crippen molar-refractivity contribution in [1.29, 1.82) is 0 Å². The molecule has 0 aromatic heterocycles. The Morgan fingerprint density at radius 2 is 1.93 bits per heavy atom. The molecule has 88 valence electrons. The number of carbonyl (C=O) groups is 1. The maximum atomic E-state index is 11.8. The summed E-state index contributed by atoms with van der Waals surface area (Å²) < 4.78 is 5.23. The normalized spacial score (nSPS) is 21.1. The highest BCUT2D eigenvalue weighted by Gasteiger charge is 2.29. The highest BCUT2D eigenvalue weighted by Crippen LogP contribution is 2.18. The lowest BCUT2D eigenvalue weighted by molar-refractivity contribution is -0.125. The molecule has 4 nitrogen and oxygen atoms in total. The minimum atomic E-state index is -0.444. The fourth-order valence-corrected chi connectivity index (χ4v) is 1.53. The average Bonchev–Trinajstić information content (AvgIpc) is 2.16. The molecule has 1 amide bonds. The van der Waals surface area contributed by atoms with Crippen molar-refractivity contribution in [3.8, 4) is 0 Å². The Labute approximate surface area is 91.5 Å². The van der Waals surface area contributed by atoms with Gasteiger partial charge < -0.3 is 15.8 Å². The first-order valence-electron chi connectivity index (χ1n) is 5.55.